The zero-order chi connectivity index (χ0) is 10.7. The number of hydrogen-bond donors (Lipinski definition) is 1. The first-order valence-corrected chi connectivity index (χ1v) is 5.98. The van der Waals surface area contributed by atoms with Crippen molar-refractivity contribution in [1.82, 2.24) is 4.90 Å². The second-order valence-corrected chi connectivity index (χ2v) is 4.53. The molecule has 88 valence electrons. The van der Waals surface area contributed by atoms with Gasteiger partial charge in [-0.15, -0.1) is 0 Å². The van der Waals surface area contributed by atoms with Gasteiger partial charge in [0, 0.05) is 32.3 Å². The van der Waals surface area contributed by atoms with Gasteiger partial charge in [0.15, 0.2) is 0 Å². The van der Waals surface area contributed by atoms with Crippen molar-refractivity contribution >= 4 is 0 Å². The third-order valence-corrected chi connectivity index (χ3v) is 3.38. The van der Waals surface area contributed by atoms with Crippen LogP contribution in [0, 0.1) is 0 Å². The predicted octanol–water partition coefficient (Wildman–Crippen LogP) is 0.213. The van der Waals surface area contributed by atoms with E-state index in [2.05, 4.69) is 11.8 Å². The Morgan fingerprint density at radius 2 is 2.27 bits per heavy atom. The van der Waals surface area contributed by atoms with E-state index in [4.69, 9.17) is 15.2 Å². The molecule has 2 aliphatic heterocycles. The Kier molecular flexibility index (Phi) is 3.97. The molecule has 0 spiro atoms. The Hall–Kier alpha value is -0.160. The Balaban J connectivity index is 1.92. The highest BCUT2D eigenvalue weighted by molar-refractivity contribution is 4.86. The average Bonchev–Trinajstić information content (AvgIpc) is 2.72. The van der Waals surface area contributed by atoms with Crippen LogP contribution in [0.3, 0.4) is 0 Å². The molecule has 0 bridgehead atoms. The lowest BCUT2D eigenvalue weighted by molar-refractivity contribution is -0.0595. The summed E-state index contributed by atoms with van der Waals surface area (Å²) in [5.74, 6) is 0. The molecule has 15 heavy (non-hydrogen) atoms. The lowest BCUT2D eigenvalue weighted by Crippen LogP contribution is -2.54. The van der Waals surface area contributed by atoms with Crippen LogP contribution >= 0.6 is 0 Å². The molecule has 2 saturated heterocycles. The summed E-state index contributed by atoms with van der Waals surface area (Å²) < 4.78 is 11.3. The minimum Gasteiger partial charge on any atom is -0.377 e. The second kappa shape index (κ2) is 5.25. The van der Waals surface area contributed by atoms with Crippen molar-refractivity contribution in [2.45, 2.75) is 38.0 Å². The maximum atomic E-state index is 5.87. The summed E-state index contributed by atoms with van der Waals surface area (Å²) in [5, 5.41) is 0. The van der Waals surface area contributed by atoms with Crippen molar-refractivity contribution in [1.29, 1.82) is 0 Å². The number of rotatable bonds is 3. The summed E-state index contributed by atoms with van der Waals surface area (Å²) >= 11 is 0. The molecule has 4 heteroatoms. The van der Waals surface area contributed by atoms with Crippen LogP contribution in [0.15, 0.2) is 0 Å². The van der Waals surface area contributed by atoms with Gasteiger partial charge in [-0.2, -0.15) is 0 Å². The van der Waals surface area contributed by atoms with E-state index in [9.17, 15) is 0 Å². The van der Waals surface area contributed by atoms with Gasteiger partial charge in [0.2, 0.25) is 0 Å². The first-order valence-electron chi connectivity index (χ1n) is 5.98. The Bertz CT molecular complexity index is 195. The molecule has 3 unspecified atom stereocenters. The number of morpholine rings is 1. The van der Waals surface area contributed by atoms with Gasteiger partial charge in [0.1, 0.15) is 0 Å². The van der Waals surface area contributed by atoms with Crippen molar-refractivity contribution in [3.63, 3.8) is 0 Å². The molecule has 0 radical (unpaired) electrons. The highest BCUT2D eigenvalue weighted by atomic mass is 16.5. The SMILES string of the molecule is CC1CN(C(CN)C2CCCO2)CCO1. The van der Waals surface area contributed by atoms with Gasteiger partial charge >= 0.3 is 0 Å². The van der Waals surface area contributed by atoms with Crippen molar-refractivity contribution in [2.24, 2.45) is 5.73 Å². The molecular formula is C11H22N2O2. The van der Waals surface area contributed by atoms with E-state index >= 15 is 0 Å². The van der Waals surface area contributed by atoms with E-state index in [1.54, 1.807) is 0 Å². The van der Waals surface area contributed by atoms with Gasteiger partial charge in [0.25, 0.3) is 0 Å². The minimum atomic E-state index is 0.328. The molecule has 0 aromatic heterocycles. The molecular weight excluding hydrogens is 192 g/mol. The quantitative estimate of drug-likeness (QED) is 0.730. The monoisotopic (exact) mass is 214 g/mol. The van der Waals surface area contributed by atoms with Gasteiger partial charge in [-0.1, -0.05) is 0 Å². The fourth-order valence-electron chi connectivity index (χ4n) is 2.59. The summed E-state index contributed by atoms with van der Waals surface area (Å²) in [6, 6.07) is 0.388. The summed E-state index contributed by atoms with van der Waals surface area (Å²) in [6.07, 6.45) is 3.02. The van der Waals surface area contributed by atoms with Gasteiger partial charge in [-0.05, 0) is 19.8 Å². The van der Waals surface area contributed by atoms with E-state index in [1.807, 2.05) is 0 Å². The van der Waals surface area contributed by atoms with Crippen LogP contribution in [-0.2, 0) is 9.47 Å². The van der Waals surface area contributed by atoms with Crippen LogP contribution < -0.4 is 5.73 Å². The topological polar surface area (TPSA) is 47.7 Å². The fraction of sp³-hybridized carbons (Fsp3) is 1.00. The standard InChI is InChI=1S/C11H22N2O2/c1-9-8-13(4-6-14-9)10(7-12)11-3-2-5-15-11/h9-11H,2-8,12H2,1H3. The van der Waals surface area contributed by atoms with Crippen LogP contribution in [-0.4, -0.2) is 56.0 Å². The summed E-state index contributed by atoms with van der Waals surface area (Å²) in [5.41, 5.74) is 5.87. The Morgan fingerprint density at radius 3 is 2.87 bits per heavy atom. The van der Waals surface area contributed by atoms with Gasteiger partial charge in [-0.3, -0.25) is 4.90 Å². The Labute approximate surface area is 91.7 Å². The largest absolute Gasteiger partial charge is 0.377 e. The molecule has 3 atom stereocenters. The van der Waals surface area contributed by atoms with Crippen LogP contribution in [0.25, 0.3) is 0 Å². The first kappa shape index (κ1) is 11.3. The molecule has 0 aromatic carbocycles. The third kappa shape index (κ3) is 2.69. The summed E-state index contributed by atoms with van der Waals surface area (Å²) in [6.45, 7) is 6.52. The van der Waals surface area contributed by atoms with Crippen LogP contribution in [0.4, 0.5) is 0 Å². The molecule has 2 rings (SSSR count). The van der Waals surface area contributed by atoms with Crippen molar-refractivity contribution in [2.75, 3.05) is 32.8 Å². The highest BCUT2D eigenvalue weighted by Crippen LogP contribution is 2.20. The average molecular weight is 214 g/mol. The molecule has 0 aliphatic carbocycles. The van der Waals surface area contributed by atoms with Crippen molar-refractivity contribution < 1.29 is 9.47 Å². The molecule has 4 nitrogen and oxygen atoms in total. The van der Waals surface area contributed by atoms with E-state index in [1.165, 1.54) is 6.42 Å². The summed E-state index contributed by atoms with van der Waals surface area (Å²) in [7, 11) is 0. The molecule has 0 amide bonds. The van der Waals surface area contributed by atoms with Crippen molar-refractivity contribution in [3.05, 3.63) is 0 Å². The van der Waals surface area contributed by atoms with Gasteiger partial charge in [0.05, 0.1) is 18.8 Å². The second-order valence-electron chi connectivity index (χ2n) is 4.53. The van der Waals surface area contributed by atoms with E-state index in [0.29, 0.717) is 24.8 Å². The van der Waals surface area contributed by atoms with Gasteiger partial charge in [-0.25, -0.2) is 0 Å². The zero-order valence-corrected chi connectivity index (χ0v) is 9.52. The number of nitrogens with two attached hydrogens (primary N) is 1. The maximum Gasteiger partial charge on any atom is 0.0743 e. The van der Waals surface area contributed by atoms with E-state index in [-0.39, 0.29) is 0 Å². The van der Waals surface area contributed by atoms with E-state index < -0.39 is 0 Å². The molecule has 2 fully saturated rings. The highest BCUT2D eigenvalue weighted by Gasteiger charge is 2.32. The molecule has 0 saturated carbocycles. The van der Waals surface area contributed by atoms with Crippen LogP contribution in [0.1, 0.15) is 19.8 Å². The Morgan fingerprint density at radius 1 is 1.40 bits per heavy atom. The molecule has 2 N–H and O–H groups in total. The number of nitrogens with zero attached hydrogens (tertiary/aromatic N) is 1. The predicted molar refractivity (Wildman–Crippen MR) is 58.8 cm³/mol. The first-order chi connectivity index (χ1) is 7.31. The molecule has 0 aromatic rings. The smallest absolute Gasteiger partial charge is 0.0743 e. The fourth-order valence-corrected chi connectivity index (χ4v) is 2.59. The third-order valence-electron chi connectivity index (χ3n) is 3.38. The van der Waals surface area contributed by atoms with Crippen LogP contribution in [0.2, 0.25) is 0 Å². The van der Waals surface area contributed by atoms with Gasteiger partial charge < -0.3 is 15.2 Å². The zero-order valence-electron chi connectivity index (χ0n) is 9.52. The summed E-state index contributed by atoms with van der Waals surface area (Å²) in [4.78, 5) is 2.43. The lowest BCUT2D eigenvalue weighted by Gasteiger charge is -2.39. The maximum absolute atomic E-state index is 5.87. The van der Waals surface area contributed by atoms with Crippen molar-refractivity contribution in [3.8, 4) is 0 Å². The minimum absolute atomic E-state index is 0.328. The van der Waals surface area contributed by atoms with E-state index in [0.717, 1.165) is 32.7 Å². The lowest BCUT2D eigenvalue weighted by atomic mass is 10.1. The molecule has 2 heterocycles. The number of hydrogen-bond acceptors (Lipinski definition) is 4. The molecule has 2 aliphatic rings. The van der Waals surface area contributed by atoms with Crippen LogP contribution in [0.5, 0.6) is 0 Å². The number of ether oxygens (including phenoxy) is 2. The normalized spacial score (nSPS) is 35.6.